The van der Waals surface area contributed by atoms with Crippen molar-refractivity contribution < 1.29 is 4.79 Å². The van der Waals surface area contributed by atoms with Crippen LogP contribution in [0.5, 0.6) is 0 Å². The van der Waals surface area contributed by atoms with Gasteiger partial charge in [-0.3, -0.25) is 4.79 Å². The van der Waals surface area contributed by atoms with Gasteiger partial charge in [0.15, 0.2) is 0 Å². The minimum Gasteiger partial charge on any atom is -0.348 e. The largest absolute Gasteiger partial charge is 0.348 e. The van der Waals surface area contributed by atoms with E-state index in [9.17, 15) is 4.79 Å². The molecule has 1 unspecified atom stereocenters. The van der Waals surface area contributed by atoms with E-state index in [-0.39, 0.29) is 11.9 Å². The van der Waals surface area contributed by atoms with Crippen LogP contribution in [0.25, 0.3) is 0 Å². The highest BCUT2D eigenvalue weighted by molar-refractivity contribution is 6.29. The van der Waals surface area contributed by atoms with E-state index in [0.717, 1.165) is 6.42 Å². The SMILES string of the molecule is CCC(NC(=O)c1cnc(Cl)cn1)C1CCCCC1. The number of carbonyl (C=O) groups is 1. The van der Waals surface area contributed by atoms with Gasteiger partial charge in [0.2, 0.25) is 0 Å². The molecule has 19 heavy (non-hydrogen) atoms. The van der Waals surface area contributed by atoms with Gasteiger partial charge in [-0.2, -0.15) is 0 Å². The van der Waals surface area contributed by atoms with Crippen molar-refractivity contribution >= 4 is 17.5 Å². The average molecular weight is 282 g/mol. The molecule has 1 saturated carbocycles. The normalized spacial score (nSPS) is 18.0. The number of aromatic nitrogens is 2. The van der Waals surface area contributed by atoms with Crippen LogP contribution in [0.15, 0.2) is 12.4 Å². The molecule has 1 aliphatic rings. The highest BCUT2D eigenvalue weighted by atomic mass is 35.5. The van der Waals surface area contributed by atoms with Gasteiger partial charge in [-0.25, -0.2) is 9.97 Å². The van der Waals surface area contributed by atoms with Gasteiger partial charge in [0, 0.05) is 6.04 Å². The lowest BCUT2D eigenvalue weighted by molar-refractivity contribution is 0.0905. The van der Waals surface area contributed by atoms with Crippen molar-refractivity contribution in [2.45, 2.75) is 51.5 Å². The standard InChI is InChI=1S/C14H20ClN3O/c1-2-11(10-6-4-3-5-7-10)18-14(19)12-8-17-13(15)9-16-12/h8-11H,2-7H2,1H3,(H,18,19). The fourth-order valence-corrected chi connectivity index (χ4v) is 2.86. The zero-order valence-electron chi connectivity index (χ0n) is 11.2. The lowest BCUT2D eigenvalue weighted by Crippen LogP contribution is -2.41. The molecule has 1 fully saturated rings. The monoisotopic (exact) mass is 281 g/mol. The van der Waals surface area contributed by atoms with E-state index < -0.39 is 0 Å². The Morgan fingerprint density at radius 1 is 1.37 bits per heavy atom. The highest BCUT2D eigenvalue weighted by Crippen LogP contribution is 2.27. The Bertz CT molecular complexity index is 415. The molecule has 1 aromatic heterocycles. The molecular formula is C14H20ClN3O. The van der Waals surface area contributed by atoms with E-state index >= 15 is 0 Å². The Morgan fingerprint density at radius 2 is 2.11 bits per heavy atom. The zero-order valence-corrected chi connectivity index (χ0v) is 12.0. The summed E-state index contributed by atoms with van der Waals surface area (Å²) in [6.45, 7) is 2.12. The summed E-state index contributed by atoms with van der Waals surface area (Å²) in [5.74, 6) is 0.449. The molecule has 0 bridgehead atoms. The first-order chi connectivity index (χ1) is 9.20. The molecule has 2 rings (SSSR count). The average Bonchev–Trinajstić information content (AvgIpc) is 2.46. The smallest absolute Gasteiger partial charge is 0.271 e. The molecule has 0 radical (unpaired) electrons. The van der Waals surface area contributed by atoms with Crippen molar-refractivity contribution in [1.82, 2.24) is 15.3 Å². The van der Waals surface area contributed by atoms with Crippen LogP contribution in [0.3, 0.4) is 0 Å². The minimum absolute atomic E-state index is 0.151. The molecule has 1 aromatic rings. The summed E-state index contributed by atoms with van der Waals surface area (Å²) in [6, 6.07) is 0.241. The number of carbonyl (C=O) groups excluding carboxylic acids is 1. The predicted octanol–water partition coefficient (Wildman–Crippen LogP) is 3.22. The van der Waals surface area contributed by atoms with Crippen LogP contribution in [0.1, 0.15) is 55.9 Å². The van der Waals surface area contributed by atoms with Crippen molar-refractivity contribution in [2.75, 3.05) is 0 Å². The third-order valence-corrected chi connectivity index (χ3v) is 4.02. The van der Waals surface area contributed by atoms with E-state index in [1.807, 2.05) is 0 Å². The van der Waals surface area contributed by atoms with Crippen LogP contribution in [0.2, 0.25) is 5.15 Å². The first-order valence-corrected chi connectivity index (χ1v) is 7.37. The molecule has 1 aliphatic carbocycles. The summed E-state index contributed by atoms with van der Waals surface area (Å²) < 4.78 is 0. The molecule has 0 saturated heterocycles. The van der Waals surface area contributed by atoms with Crippen LogP contribution in [-0.2, 0) is 0 Å². The summed E-state index contributed by atoms with van der Waals surface area (Å²) in [5, 5.41) is 3.39. The molecule has 5 heteroatoms. The van der Waals surface area contributed by atoms with Crippen LogP contribution >= 0.6 is 11.6 Å². The molecule has 4 nitrogen and oxygen atoms in total. The van der Waals surface area contributed by atoms with E-state index in [4.69, 9.17) is 11.6 Å². The number of amides is 1. The molecular weight excluding hydrogens is 262 g/mol. The van der Waals surface area contributed by atoms with E-state index in [1.165, 1.54) is 44.5 Å². The Morgan fingerprint density at radius 3 is 2.68 bits per heavy atom. The fraction of sp³-hybridized carbons (Fsp3) is 0.643. The van der Waals surface area contributed by atoms with Gasteiger partial charge in [-0.15, -0.1) is 0 Å². The maximum Gasteiger partial charge on any atom is 0.271 e. The second kappa shape index (κ2) is 6.85. The van der Waals surface area contributed by atoms with Crippen molar-refractivity contribution in [3.8, 4) is 0 Å². The minimum atomic E-state index is -0.151. The van der Waals surface area contributed by atoms with Gasteiger partial charge >= 0.3 is 0 Å². The molecule has 1 atom stereocenters. The summed E-state index contributed by atoms with van der Waals surface area (Å²) >= 11 is 5.67. The molecule has 1 heterocycles. The number of halogens is 1. The predicted molar refractivity (Wildman–Crippen MR) is 75.2 cm³/mol. The fourth-order valence-electron chi connectivity index (χ4n) is 2.76. The Labute approximate surface area is 119 Å². The maximum absolute atomic E-state index is 12.1. The molecule has 0 aliphatic heterocycles. The first kappa shape index (κ1) is 14.3. The van der Waals surface area contributed by atoms with Crippen LogP contribution < -0.4 is 5.32 Å². The zero-order chi connectivity index (χ0) is 13.7. The van der Waals surface area contributed by atoms with Crippen LogP contribution in [-0.4, -0.2) is 21.9 Å². The number of hydrogen-bond acceptors (Lipinski definition) is 3. The molecule has 1 amide bonds. The maximum atomic E-state index is 12.1. The molecule has 0 aromatic carbocycles. The second-order valence-corrected chi connectivity index (χ2v) is 5.50. The van der Waals surface area contributed by atoms with Gasteiger partial charge in [-0.1, -0.05) is 37.8 Å². The van der Waals surface area contributed by atoms with Gasteiger partial charge in [0.05, 0.1) is 12.4 Å². The second-order valence-electron chi connectivity index (χ2n) is 5.11. The first-order valence-electron chi connectivity index (χ1n) is 6.99. The van der Waals surface area contributed by atoms with Gasteiger partial charge in [0.25, 0.3) is 5.91 Å². The van der Waals surface area contributed by atoms with Gasteiger partial charge < -0.3 is 5.32 Å². The number of rotatable bonds is 4. The van der Waals surface area contributed by atoms with Crippen molar-refractivity contribution in [3.63, 3.8) is 0 Å². The summed E-state index contributed by atoms with van der Waals surface area (Å²) in [6.07, 6.45) is 10.1. The lowest BCUT2D eigenvalue weighted by Gasteiger charge is -2.30. The van der Waals surface area contributed by atoms with Crippen molar-refractivity contribution in [3.05, 3.63) is 23.2 Å². The van der Waals surface area contributed by atoms with Crippen LogP contribution in [0, 0.1) is 5.92 Å². The van der Waals surface area contributed by atoms with E-state index in [1.54, 1.807) is 0 Å². The van der Waals surface area contributed by atoms with Crippen LogP contribution in [0.4, 0.5) is 0 Å². The highest BCUT2D eigenvalue weighted by Gasteiger charge is 2.24. The molecule has 104 valence electrons. The van der Waals surface area contributed by atoms with Gasteiger partial charge in [-0.05, 0) is 25.2 Å². The topological polar surface area (TPSA) is 54.9 Å². The van der Waals surface area contributed by atoms with Gasteiger partial charge in [0.1, 0.15) is 10.8 Å². The quantitative estimate of drug-likeness (QED) is 0.922. The Hall–Kier alpha value is -1.16. The Balaban J connectivity index is 1.97. The number of hydrogen-bond donors (Lipinski definition) is 1. The lowest BCUT2D eigenvalue weighted by atomic mass is 9.83. The Kier molecular flexibility index (Phi) is 5.14. The molecule has 0 spiro atoms. The third kappa shape index (κ3) is 3.90. The van der Waals surface area contributed by atoms with E-state index in [0.29, 0.717) is 16.8 Å². The summed E-state index contributed by atoms with van der Waals surface area (Å²) in [7, 11) is 0. The van der Waals surface area contributed by atoms with E-state index in [2.05, 4.69) is 22.2 Å². The van der Waals surface area contributed by atoms with Crippen molar-refractivity contribution in [2.24, 2.45) is 5.92 Å². The number of nitrogens with zero attached hydrogens (tertiary/aromatic N) is 2. The number of nitrogens with one attached hydrogen (secondary N) is 1. The summed E-state index contributed by atoms with van der Waals surface area (Å²) in [4.78, 5) is 20.0. The molecule has 1 N–H and O–H groups in total. The van der Waals surface area contributed by atoms with Crippen molar-refractivity contribution in [1.29, 1.82) is 0 Å². The third-order valence-electron chi connectivity index (χ3n) is 3.83. The summed E-state index contributed by atoms with van der Waals surface area (Å²) in [5.41, 5.74) is 0.332.